The van der Waals surface area contributed by atoms with Crippen molar-refractivity contribution < 1.29 is 0 Å². The predicted octanol–water partition coefficient (Wildman–Crippen LogP) is 4.02. The van der Waals surface area contributed by atoms with E-state index in [2.05, 4.69) is 55.0 Å². The Morgan fingerprint density at radius 1 is 1.26 bits per heavy atom. The molecule has 1 aromatic heterocycles. The zero-order valence-electron chi connectivity index (χ0n) is 11.6. The average Bonchev–Trinajstić information content (AvgIpc) is 2.66. The molecule has 1 N–H and O–H groups in total. The van der Waals surface area contributed by atoms with Crippen LogP contribution in [0.25, 0.3) is 11.3 Å². The lowest BCUT2D eigenvalue weighted by molar-refractivity contribution is 0.592. The molecule has 1 heterocycles. The van der Waals surface area contributed by atoms with E-state index in [0.29, 0.717) is 6.04 Å². The molecule has 0 radical (unpaired) electrons. The minimum Gasteiger partial charge on any atom is -0.326 e. The van der Waals surface area contributed by atoms with Gasteiger partial charge in [-0.25, -0.2) is 0 Å². The standard InChI is InChI=1S/C15H20N2S2/c1-11(2)16-10-9-13-14(17(3)15(18)19-13)12-7-5-4-6-8-12/h4-8,11,16H,9-10H2,1-3H3. The predicted molar refractivity (Wildman–Crippen MR) is 86.4 cm³/mol. The van der Waals surface area contributed by atoms with E-state index in [4.69, 9.17) is 12.2 Å². The van der Waals surface area contributed by atoms with Crippen molar-refractivity contribution in [1.82, 2.24) is 9.88 Å². The zero-order chi connectivity index (χ0) is 13.8. The highest BCUT2D eigenvalue weighted by Crippen LogP contribution is 2.29. The van der Waals surface area contributed by atoms with Gasteiger partial charge in [-0.1, -0.05) is 44.2 Å². The molecule has 2 aromatic rings. The van der Waals surface area contributed by atoms with E-state index in [1.165, 1.54) is 16.1 Å². The van der Waals surface area contributed by atoms with Crippen LogP contribution in [0.4, 0.5) is 0 Å². The topological polar surface area (TPSA) is 17.0 Å². The molecular formula is C15H20N2S2. The van der Waals surface area contributed by atoms with Crippen LogP contribution >= 0.6 is 23.6 Å². The van der Waals surface area contributed by atoms with Gasteiger partial charge >= 0.3 is 0 Å². The summed E-state index contributed by atoms with van der Waals surface area (Å²) in [7, 11) is 2.06. The number of hydrogen-bond acceptors (Lipinski definition) is 3. The van der Waals surface area contributed by atoms with Crippen molar-refractivity contribution in [1.29, 1.82) is 0 Å². The lowest BCUT2D eigenvalue weighted by atomic mass is 10.1. The Hall–Kier alpha value is -0.970. The molecule has 19 heavy (non-hydrogen) atoms. The largest absolute Gasteiger partial charge is 0.326 e. The van der Waals surface area contributed by atoms with Gasteiger partial charge in [-0.2, -0.15) is 0 Å². The third-order valence-electron chi connectivity index (χ3n) is 3.04. The molecule has 0 spiro atoms. The summed E-state index contributed by atoms with van der Waals surface area (Å²) >= 11 is 7.15. The van der Waals surface area contributed by atoms with Gasteiger partial charge in [0, 0.05) is 24.5 Å². The highest BCUT2D eigenvalue weighted by molar-refractivity contribution is 7.73. The number of hydrogen-bond donors (Lipinski definition) is 1. The van der Waals surface area contributed by atoms with E-state index in [9.17, 15) is 0 Å². The summed E-state index contributed by atoms with van der Waals surface area (Å²) < 4.78 is 3.07. The molecule has 4 heteroatoms. The van der Waals surface area contributed by atoms with E-state index in [0.717, 1.165) is 16.9 Å². The first-order valence-corrected chi connectivity index (χ1v) is 7.79. The van der Waals surface area contributed by atoms with Crippen molar-refractivity contribution in [2.45, 2.75) is 26.3 Å². The van der Waals surface area contributed by atoms with Crippen LogP contribution in [0.3, 0.4) is 0 Å². The molecule has 2 rings (SSSR count). The van der Waals surface area contributed by atoms with E-state index >= 15 is 0 Å². The maximum atomic E-state index is 5.42. The lowest BCUT2D eigenvalue weighted by Gasteiger charge is -2.09. The maximum absolute atomic E-state index is 5.42. The smallest absolute Gasteiger partial charge is 0.161 e. The van der Waals surface area contributed by atoms with Crippen LogP contribution < -0.4 is 5.32 Å². The fourth-order valence-corrected chi connectivity index (χ4v) is 3.48. The molecule has 0 aliphatic carbocycles. The fourth-order valence-electron chi connectivity index (χ4n) is 2.09. The van der Waals surface area contributed by atoms with Gasteiger partial charge in [0.05, 0.1) is 5.69 Å². The van der Waals surface area contributed by atoms with Gasteiger partial charge < -0.3 is 9.88 Å². The first-order valence-electron chi connectivity index (χ1n) is 6.57. The van der Waals surface area contributed by atoms with Crippen LogP contribution in [0.5, 0.6) is 0 Å². The van der Waals surface area contributed by atoms with Crippen LogP contribution in [0.2, 0.25) is 0 Å². The number of benzene rings is 1. The monoisotopic (exact) mass is 292 g/mol. The Kier molecular flexibility index (Phi) is 4.91. The number of aromatic nitrogens is 1. The van der Waals surface area contributed by atoms with Crippen LogP contribution in [-0.2, 0) is 13.5 Å². The van der Waals surface area contributed by atoms with Crippen molar-refractivity contribution in [2.24, 2.45) is 7.05 Å². The van der Waals surface area contributed by atoms with Crippen molar-refractivity contribution in [3.8, 4) is 11.3 Å². The van der Waals surface area contributed by atoms with Gasteiger partial charge in [-0.15, -0.1) is 11.3 Å². The molecule has 0 atom stereocenters. The SMILES string of the molecule is CC(C)NCCc1sc(=S)n(C)c1-c1ccccc1. The molecule has 0 bridgehead atoms. The van der Waals surface area contributed by atoms with Crippen LogP contribution in [0.15, 0.2) is 30.3 Å². The molecule has 102 valence electrons. The summed E-state index contributed by atoms with van der Waals surface area (Å²) in [5.74, 6) is 0. The number of rotatable bonds is 5. The van der Waals surface area contributed by atoms with Gasteiger partial charge in [0.15, 0.2) is 3.95 Å². The summed E-state index contributed by atoms with van der Waals surface area (Å²) in [6.07, 6.45) is 1.03. The molecule has 0 saturated carbocycles. The number of nitrogens with one attached hydrogen (secondary N) is 1. The molecule has 2 nitrogen and oxygen atoms in total. The Bertz CT molecular complexity index is 582. The molecular weight excluding hydrogens is 272 g/mol. The third kappa shape index (κ3) is 3.53. The third-order valence-corrected chi connectivity index (χ3v) is 4.65. The summed E-state index contributed by atoms with van der Waals surface area (Å²) in [6, 6.07) is 11.0. The van der Waals surface area contributed by atoms with E-state index in [1.54, 1.807) is 11.3 Å². The second kappa shape index (κ2) is 6.46. The fraction of sp³-hybridized carbons (Fsp3) is 0.400. The second-order valence-electron chi connectivity index (χ2n) is 4.92. The molecule has 0 aliphatic rings. The van der Waals surface area contributed by atoms with Crippen molar-refractivity contribution >= 4 is 23.6 Å². The Balaban J connectivity index is 2.29. The van der Waals surface area contributed by atoms with Gasteiger partial charge in [0.25, 0.3) is 0 Å². The number of thiazole rings is 1. The van der Waals surface area contributed by atoms with Crippen molar-refractivity contribution in [3.63, 3.8) is 0 Å². The summed E-state index contributed by atoms with van der Waals surface area (Å²) in [5, 5.41) is 3.46. The van der Waals surface area contributed by atoms with Gasteiger partial charge in [-0.05, 0) is 24.2 Å². The molecule has 0 amide bonds. The number of nitrogens with zero attached hydrogens (tertiary/aromatic N) is 1. The molecule has 0 saturated heterocycles. The van der Waals surface area contributed by atoms with E-state index < -0.39 is 0 Å². The maximum Gasteiger partial charge on any atom is 0.161 e. The quantitative estimate of drug-likeness (QED) is 0.838. The van der Waals surface area contributed by atoms with E-state index in [-0.39, 0.29) is 0 Å². The minimum absolute atomic E-state index is 0.525. The highest BCUT2D eigenvalue weighted by atomic mass is 32.1. The lowest BCUT2D eigenvalue weighted by Crippen LogP contribution is -2.24. The first-order chi connectivity index (χ1) is 9.09. The average molecular weight is 292 g/mol. The first kappa shape index (κ1) is 14.4. The molecule has 0 aliphatic heterocycles. The highest BCUT2D eigenvalue weighted by Gasteiger charge is 2.12. The van der Waals surface area contributed by atoms with E-state index in [1.807, 2.05) is 6.07 Å². The van der Waals surface area contributed by atoms with Crippen LogP contribution in [0.1, 0.15) is 18.7 Å². The normalized spacial score (nSPS) is 11.2. The molecule has 0 unspecified atom stereocenters. The Labute approximate surface area is 124 Å². The summed E-state index contributed by atoms with van der Waals surface area (Å²) in [5.41, 5.74) is 2.51. The Morgan fingerprint density at radius 2 is 1.95 bits per heavy atom. The summed E-state index contributed by atoms with van der Waals surface area (Å²) in [6.45, 7) is 5.34. The van der Waals surface area contributed by atoms with Gasteiger partial charge in [-0.3, -0.25) is 0 Å². The van der Waals surface area contributed by atoms with Crippen molar-refractivity contribution in [2.75, 3.05) is 6.54 Å². The van der Waals surface area contributed by atoms with Gasteiger partial charge in [0.1, 0.15) is 0 Å². The Morgan fingerprint density at radius 3 is 2.58 bits per heavy atom. The molecule has 1 aromatic carbocycles. The molecule has 0 fully saturated rings. The summed E-state index contributed by atoms with van der Waals surface area (Å²) in [4.78, 5) is 1.37. The van der Waals surface area contributed by atoms with Crippen LogP contribution in [-0.4, -0.2) is 17.2 Å². The second-order valence-corrected chi connectivity index (χ2v) is 6.65. The van der Waals surface area contributed by atoms with Gasteiger partial charge in [0.2, 0.25) is 0 Å². The van der Waals surface area contributed by atoms with Crippen molar-refractivity contribution in [3.05, 3.63) is 39.2 Å². The zero-order valence-corrected chi connectivity index (χ0v) is 13.3. The van der Waals surface area contributed by atoms with Crippen LogP contribution in [0, 0.1) is 3.95 Å². The minimum atomic E-state index is 0.525.